The van der Waals surface area contributed by atoms with E-state index in [1.54, 1.807) is 12.1 Å². The molecule has 0 fully saturated rings. The lowest BCUT2D eigenvalue weighted by Crippen LogP contribution is -2.02. The summed E-state index contributed by atoms with van der Waals surface area (Å²) in [4.78, 5) is 13.6. The maximum atomic E-state index is 11.8. The molecule has 0 heterocycles. The Morgan fingerprint density at radius 1 is 1.24 bits per heavy atom. The van der Waals surface area contributed by atoms with Crippen LogP contribution in [-0.2, 0) is 4.74 Å². The average Bonchev–Trinajstić information content (AvgIpc) is 2.53. The van der Waals surface area contributed by atoms with E-state index in [1.807, 2.05) is 42.5 Å². The van der Waals surface area contributed by atoms with Gasteiger partial charge in [-0.1, -0.05) is 42.6 Å². The third-order valence-electron chi connectivity index (χ3n) is 2.69. The Hall–Kier alpha value is -2.20. The highest BCUT2D eigenvalue weighted by atomic mass is 32.2. The number of esters is 1. The molecular formula is C17H16O3S. The Morgan fingerprint density at radius 2 is 2.05 bits per heavy atom. The zero-order chi connectivity index (χ0) is 15.1. The zero-order valence-electron chi connectivity index (χ0n) is 11.7. The first-order chi connectivity index (χ1) is 10.2. The molecule has 2 aromatic rings. The molecule has 0 saturated heterocycles. The first kappa shape index (κ1) is 15.2. The number of benzene rings is 2. The van der Waals surface area contributed by atoms with E-state index in [0.717, 1.165) is 15.5 Å². The minimum atomic E-state index is -0.336. The van der Waals surface area contributed by atoms with Crippen molar-refractivity contribution in [3.8, 4) is 5.75 Å². The van der Waals surface area contributed by atoms with Gasteiger partial charge in [0.2, 0.25) is 0 Å². The van der Waals surface area contributed by atoms with Crippen LogP contribution in [0.2, 0.25) is 0 Å². The number of carbonyl (C=O) groups is 1. The molecule has 4 heteroatoms. The maximum Gasteiger partial charge on any atom is 0.339 e. The van der Waals surface area contributed by atoms with Crippen LogP contribution in [-0.4, -0.2) is 19.7 Å². The van der Waals surface area contributed by atoms with Gasteiger partial charge in [-0.25, -0.2) is 4.79 Å². The van der Waals surface area contributed by atoms with Gasteiger partial charge in [0.15, 0.2) is 0 Å². The van der Waals surface area contributed by atoms with Crippen molar-refractivity contribution in [2.45, 2.75) is 9.79 Å². The van der Waals surface area contributed by atoms with Gasteiger partial charge in [0.25, 0.3) is 0 Å². The van der Waals surface area contributed by atoms with Gasteiger partial charge in [-0.05, 0) is 30.3 Å². The lowest BCUT2D eigenvalue weighted by molar-refractivity contribution is 0.0597. The molecule has 0 N–H and O–H groups in total. The molecule has 2 rings (SSSR count). The van der Waals surface area contributed by atoms with Crippen LogP contribution in [0.4, 0.5) is 0 Å². The number of methoxy groups -OCH3 is 1. The average molecular weight is 300 g/mol. The van der Waals surface area contributed by atoms with Crippen LogP contribution in [0.15, 0.2) is 71.0 Å². The second kappa shape index (κ2) is 7.55. The summed E-state index contributed by atoms with van der Waals surface area (Å²) in [6.07, 6.45) is 1.70. The van der Waals surface area contributed by atoms with E-state index in [1.165, 1.54) is 18.9 Å². The third-order valence-corrected chi connectivity index (χ3v) is 3.76. The van der Waals surface area contributed by atoms with Crippen molar-refractivity contribution in [2.24, 2.45) is 0 Å². The largest absolute Gasteiger partial charge is 0.490 e. The Balaban J connectivity index is 2.22. The monoisotopic (exact) mass is 300 g/mol. The van der Waals surface area contributed by atoms with E-state index in [2.05, 4.69) is 6.58 Å². The predicted molar refractivity (Wildman–Crippen MR) is 84.0 cm³/mol. The van der Waals surface area contributed by atoms with Crippen LogP contribution >= 0.6 is 11.8 Å². The molecule has 0 aliphatic rings. The minimum Gasteiger partial charge on any atom is -0.490 e. The fourth-order valence-electron chi connectivity index (χ4n) is 1.74. The number of carbonyl (C=O) groups excluding carboxylic acids is 1. The summed E-state index contributed by atoms with van der Waals surface area (Å²) in [7, 11) is 1.38. The van der Waals surface area contributed by atoms with Gasteiger partial charge >= 0.3 is 5.97 Å². The van der Waals surface area contributed by atoms with E-state index in [4.69, 9.17) is 9.47 Å². The fraction of sp³-hybridized carbons (Fsp3) is 0.118. The second-order valence-corrected chi connectivity index (χ2v) is 5.28. The molecule has 21 heavy (non-hydrogen) atoms. The van der Waals surface area contributed by atoms with Gasteiger partial charge in [-0.15, -0.1) is 0 Å². The molecule has 0 aromatic heterocycles. The summed E-state index contributed by atoms with van der Waals surface area (Å²) in [6, 6.07) is 15.1. The van der Waals surface area contributed by atoms with Gasteiger partial charge in [0, 0.05) is 9.79 Å². The smallest absolute Gasteiger partial charge is 0.339 e. The number of hydrogen-bond donors (Lipinski definition) is 0. The molecule has 0 amide bonds. The summed E-state index contributed by atoms with van der Waals surface area (Å²) in [6.45, 7) is 4.09. The van der Waals surface area contributed by atoms with Gasteiger partial charge in [-0.2, -0.15) is 0 Å². The van der Waals surface area contributed by atoms with Crippen molar-refractivity contribution in [1.29, 1.82) is 0 Å². The first-order valence-electron chi connectivity index (χ1n) is 6.43. The highest BCUT2D eigenvalue weighted by Gasteiger charge is 2.12. The molecule has 3 nitrogen and oxygen atoms in total. The molecule has 0 unspecified atom stereocenters. The Bertz CT molecular complexity index is 637. The predicted octanol–water partition coefficient (Wildman–Crippen LogP) is 4.19. The molecule has 0 radical (unpaired) electrons. The lowest BCUT2D eigenvalue weighted by Gasteiger charge is -2.09. The van der Waals surface area contributed by atoms with Crippen molar-refractivity contribution >= 4 is 17.7 Å². The van der Waals surface area contributed by atoms with Crippen LogP contribution in [0.1, 0.15) is 10.4 Å². The highest BCUT2D eigenvalue weighted by molar-refractivity contribution is 7.99. The number of rotatable bonds is 6. The minimum absolute atomic E-state index is 0.336. The zero-order valence-corrected chi connectivity index (χ0v) is 12.6. The highest BCUT2D eigenvalue weighted by Crippen LogP contribution is 2.32. The third kappa shape index (κ3) is 4.13. The van der Waals surface area contributed by atoms with E-state index < -0.39 is 0 Å². The standard InChI is InChI=1S/C17H16O3S/c1-3-11-20-13-7-6-8-14(12-13)21-16-10-5-4-9-15(16)17(18)19-2/h3-10,12H,1,11H2,2H3. The van der Waals surface area contributed by atoms with Crippen LogP contribution in [0.3, 0.4) is 0 Å². The Kier molecular flexibility index (Phi) is 5.46. The summed E-state index contributed by atoms with van der Waals surface area (Å²) in [5.74, 6) is 0.438. The van der Waals surface area contributed by atoms with Crippen molar-refractivity contribution in [3.05, 3.63) is 66.7 Å². The second-order valence-electron chi connectivity index (χ2n) is 4.16. The van der Waals surface area contributed by atoms with Crippen molar-refractivity contribution < 1.29 is 14.3 Å². The van der Waals surface area contributed by atoms with Crippen LogP contribution in [0.25, 0.3) is 0 Å². The Labute approximate surface area is 128 Å². The molecule has 0 spiro atoms. The number of ether oxygens (including phenoxy) is 2. The molecule has 0 bridgehead atoms. The molecule has 0 saturated carbocycles. The van der Waals surface area contributed by atoms with E-state index in [-0.39, 0.29) is 5.97 Å². The molecule has 2 aromatic carbocycles. The SMILES string of the molecule is C=CCOc1cccc(Sc2ccccc2C(=O)OC)c1. The van der Waals surface area contributed by atoms with Gasteiger partial charge in [0.05, 0.1) is 12.7 Å². The van der Waals surface area contributed by atoms with Crippen molar-refractivity contribution in [3.63, 3.8) is 0 Å². The van der Waals surface area contributed by atoms with E-state index in [9.17, 15) is 4.79 Å². The summed E-state index contributed by atoms with van der Waals surface area (Å²) >= 11 is 1.50. The van der Waals surface area contributed by atoms with Gasteiger partial charge in [0.1, 0.15) is 12.4 Å². The van der Waals surface area contributed by atoms with E-state index >= 15 is 0 Å². The quantitative estimate of drug-likeness (QED) is 0.592. The molecule has 108 valence electrons. The fourth-order valence-corrected chi connectivity index (χ4v) is 2.73. The summed E-state index contributed by atoms with van der Waals surface area (Å²) in [5.41, 5.74) is 0.558. The van der Waals surface area contributed by atoms with Gasteiger partial charge in [-0.3, -0.25) is 0 Å². The maximum absolute atomic E-state index is 11.8. The van der Waals surface area contributed by atoms with Crippen LogP contribution in [0.5, 0.6) is 5.75 Å². The molecular weight excluding hydrogens is 284 g/mol. The summed E-state index contributed by atoms with van der Waals surface area (Å²) < 4.78 is 10.3. The van der Waals surface area contributed by atoms with Crippen molar-refractivity contribution in [1.82, 2.24) is 0 Å². The number of hydrogen-bond acceptors (Lipinski definition) is 4. The van der Waals surface area contributed by atoms with Crippen molar-refractivity contribution in [2.75, 3.05) is 13.7 Å². The molecule has 0 atom stereocenters. The van der Waals surface area contributed by atoms with Gasteiger partial charge < -0.3 is 9.47 Å². The van der Waals surface area contributed by atoms with E-state index in [0.29, 0.717) is 12.2 Å². The molecule has 0 aliphatic heterocycles. The first-order valence-corrected chi connectivity index (χ1v) is 7.25. The Morgan fingerprint density at radius 3 is 2.81 bits per heavy atom. The van der Waals surface area contributed by atoms with Crippen LogP contribution < -0.4 is 4.74 Å². The topological polar surface area (TPSA) is 35.5 Å². The normalized spacial score (nSPS) is 9.95. The molecule has 0 aliphatic carbocycles. The lowest BCUT2D eigenvalue weighted by atomic mass is 10.2. The summed E-state index contributed by atoms with van der Waals surface area (Å²) in [5, 5.41) is 0. The van der Waals surface area contributed by atoms with Crippen LogP contribution in [0, 0.1) is 0 Å².